The van der Waals surface area contributed by atoms with Gasteiger partial charge in [0.05, 0.1) is 0 Å². The first-order chi connectivity index (χ1) is 8.17. The fraction of sp³-hybridized carbons (Fsp3) is 0.500. The van der Waals surface area contributed by atoms with Gasteiger partial charge >= 0.3 is 0 Å². The maximum absolute atomic E-state index is 11.7. The number of anilines is 1. The Morgan fingerprint density at radius 3 is 2.88 bits per heavy atom. The Balaban J connectivity index is 2.62. The average molecular weight is 254 g/mol. The molecule has 0 saturated carbocycles. The van der Waals surface area contributed by atoms with Crippen molar-refractivity contribution in [3.05, 3.63) is 29.8 Å². The lowest BCUT2D eigenvalue weighted by Gasteiger charge is -2.10. The molecule has 0 saturated heterocycles. The minimum atomic E-state index is 0.0569. The van der Waals surface area contributed by atoms with Crippen molar-refractivity contribution in [3.63, 3.8) is 0 Å². The highest BCUT2D eigenvalue weighted by atomic mass is 35.5. The van der Waals surface area contributed by atoms with E-state index in [1.54, 1.807) is 0 Å². The minimum Gasteiger partial charge on any atom is -0.326 e. The second-order valence-electron chi connectivity index (χ2n) is 4.29. The number of rotatable bonds is 6. The highest BCUT2D eigenvalue weighted by Gasteiger charge is 2.10. The summed E-state index contributed by atoms with van der Waals surface area (Å²) in [5, 5.41) is 2.94. The summed E-state index contributed by atoms with van der Waals surface area (Å²) in [5.41, 5.74) is 2.09. The Morgan fingerprint density at radius 1 is 1.47 bits per heavy atom. The highest BCUT2D eigenvalue weighted by molar-refractivity contribution is 6.17. The molecule has 0 fully saturated rings. The van der Waals surface area contributed by atoms with E-state index in [-0.39, 0.29) is 11.8 Å². The van der Waals surface area contributed by atoms with Crippen LogP contribution in [0, 0.1) is 5.92 Å². The third-order valence-electron chi connectivity index (χ3n) is 2.85. The van der Waals surface area contributed by atoms with Crippen molar-refractivity contribution in [1.29, 1.82) is 0 Å². The summed E-state index contributed by atoms with van der Waals surface area (Å²) in [6.07, 6.45) is 2.78. The van der Waals surface area contributed by atoms with Gasteiger partial charge in [0.2, 0.25) is 5.91 Å². The number of carbonyl (C=O) groups is 1. The Morgan fingerprint density at radius 2 is 2.24 bits per heavy atom. The largest absolute Gasteiger partial charge is 0.326 e. The molecule has 0 spiro atoms. The van der Waals surface area contributed by atoms with Crippen LogP contribution in [0.2, 0.25) is 0 Å². The van der Waals surface area contributed by atoms with Crippen LogP contribution in [-0.2, 0) is 11.2 Å². The predicted molar refractivity (Wildman–Crippen MR) is 73.6 cm³/mol. The van der Waals surface area contributed by atoms with E-state index in [1.165, 1.54) is 5.56 Å². The second-order valence-corrected chi connectivity index (χ2v) is 4.67. The van der Waals surface area contributed by atoms with E-state index in [1.807, 2.05) is 32.0 Å². The quantitative estimate of drug-likeness (QED) is 0.767. The monoisotopic (exact) mass is 253 g/mol. The lowest BCUT2D eigenvalue weighted by atomic mass is 10.1. The number of hydrogen-bond acceptors (Lipinski definition) is 1. The van der Waals surface area contributed by atoms with E-state index in [9.17, 15) is 4.79 Å². The molecule has 0 aliphatic heterocycles. The van der Waals surface area contributed by atoms with Gasteiger partial charge in [0.15, 0.2) is 0 Å². The molecule has 94 valence electrons. The number of hydrogen-bond donors (Lipinski definition) is 1. The Kier molecular flexibility index (Phi) is 6.06. The van der Waals surface area contributed by atoms with Gasteiger partial charge in [-0.15, -0.1) is 11.6 Å². The molecular weight excluding hydrogens is 234 g/mol. The van der Waals surface area contributed by atoms with Crippen molar-refractivity contribution in [3.8, 4) is 0 Å². The van der Waals surface area contributed by atoms with Crippen molar-refractivity contribution in [1.82, 2.24) is 0 Å². The molecule has 1 unspecified atom stereocenters. The zero-order chi connectivity index (χ0) is 12.7. The third kappa shape index (κ3) is 4.78. The highest BCUT2D eigenvalue weighted by Crippen LogP contribution is 2.14. The molecule has 1 aromatic rings. The molecule has 1 aromatic carbocycles. The topological polar surface area (TPSA) is 29.1 Å². The van der Waals surface area contributed by atoms with Gasteiger partial charge in [-0.05, 0) is 37.0 Å². The molecule has 0 aromatic heterocycles. The van der Waals surface area contributed by atoms with Crippen LogP contribution in [0.4, 0.5) is 5.69 Å². The van der Waals surface area contributed by atoms with Gasteiger partial charge in [0.1, 0.15) is 0 Å². The van der Waals surface area contributed by atoms with Crippen molar-refractivity contribution < 1.29 is 4.79 Å². The predicted octanol–water partition coefficient (Wildman–Crippen LogP) is 3.84. The molecule has 17 heavy (non-hydrogen) atoms. The molecule has 1 atom stereocenters. The van der Waals surface area contributed by atoms with Crippen LogP contribution in [0.15, 0.2) is 24.3 Å². The maximum atomic E-state index is 11.7. The molecule has 0 heterocycles. The van der Waals surface area contributed by atoms with Crippen molar-refractivity contribution in [2.24, 2.45) is 5.92 Å². The van der Waals surface area contributed by atoms with Crippen molar-refractivity contribution in [2.75, 3.05) is 11.2 Å². The Labute approximate surface area is 108 Å². The van der Waals surface area contributed by atoms with Crippen molar-refractivity contribution >= 4 is 23.2 Å². The zero-order valence-corrected chi connectivity index (χ0v) is 11.3. The number of amides is 1. The van der Waals surface area contributed by atoms with Crippen LogP contribution in [0.25, 0.3) is 0 Å². The van der Waals surface area contributed by atoms with Crippen LogP contribution in [0.5, 0.6) is 0 Å². The van der Waals surface area contributed by atoms with E-state index in [4.69, 9.17) is 11.6 Å². The summed E-state index contributed by atoms with van der Waals surface area (Å²) in [6.45, 7) is 3.95. The first-order valence-electron chi connectivity index (χ1n) is 6.13. The summed E-state index contributed by atoms with van der Waals surface area (Å²) >= 11 is 5.67. The van der Waals surface area contributed by atoms with Gasteiger partial charge in [0.25, 0.3) is 0 Å². The van der Waals surface area contributed by atoms with E-state index in [0.29, 0.717) is 5.88 Å². The van der Waals surface area contributed by atoms with Gasteiger partial charge in [-0.1, -0.05) is 26.0 Å². The van der Waals surface area contributed by atoms with E-state index in [0.717, 1.165) is 24.9 Å². The summed E-state index contributed by atoms with van der Waals surface area (Å²) in [6, 6.07) is 7.97. The number of aryl methyl sites for hydroxylation is 1. The van der Waals surface area contributed by atoms with Gasteiger partial charge < -0.3 is 5.32 Å². The molecule has 2 nitrogen and oxygen atoms in total. The molecule has 1 rings (SSSR count). The molecule has 0 bridgehead atoms. The molecule has 0 aliphatic carbocycles. The Hall–Kier alpha value is -1.02. The van der Waals surface area contributed by atoms with Crippen LogP contribution in [0.3, 0.4) is 0 Å². The molecule has 1 N–H and O–H groups in total. The van der Waals surface area contributed by atoms with Gasteiger partial charge in [-0.25, -0.2) is 0 Å². The van der Waals surface area contributed by atoms with E-state index >= 15 is 0 Å². The number of halogens is 1. The lowest BCUT2D eigenvalue weighted by molar-refractivity contribution is -0.119. The van der Waals surface area contributed by atoms with Crippen LogP contribution < -0.4 is 5.32 Å². The normalized spacial score (nSPS) is 12.2. The summed E-state index contributed by atoms with van der Waals surface area (Å²) in [4.78, 5) is 11.7. The molecule has 0 radical (unpaired) electrons. The van der Waals surface area contributed by atoms with Gasteiger partial charge in [0, 0.05) is 17.5 Å². The smallest absolute Gasteiger partial charge is 0.227 e. The summed E-state index contributed by atoms with van der Waals surface area (Å²) in [5.74, 6) is 0.812. The first kappa shape index (κ1) is 14.0. The van der Waals surface area contributed by atoms with E-state index < -0.39 is 0 Å². The van der Waals surface area contributed by atoms with E-state index in [2.05, 4.69) is 11.4 Å². The maximum Gasteiger partial charge on any atom is 0.227 e. The average Bonchev–Trinajstić information content (AvgIpc) is 2.35. The molecule has 3 heteroatoms. The molecule has 0 aliphatic rings. The number of carbonyl (C=O) groups excluding carboxylic acids is 1. The SMILES string of the molecule is CCC(C)C(=O)Nc1cccc(CCCCl)c1. The molecular formula is C14H20ClNO. The van der Waals surface area contributed by atoms with Crippen molar-refractivity contribution in [2.45, 2.75) is 33.1 Å². The fourth-order valence-corrected chi connectivity index (χ4v) is 1.66. The first-order valence-corrected chi connectivity index (χ1v) is 6.66. The summed E-state index contributed by atoms with van der Waals surface area (Å²) < 4.78 is 0. The fourth-order valence-electron chi connectivity index (χ4n) is 1.53. The summed E-state index contributed by atoms with van der Waals surface area (Å²) in [7, 11) is 0. The second kappa shape index (κ2) is 7.33. The lowest BCUT2D eigenvalue weighted by Crippen LogP contribution is -2.19. The standard InChI is InChI=1S/C14H20ClNO/c1-3-11(2)14(17)16-13-8-4-6-12(10-13)7-5-9-15/h4,6,8,10-11H,3,5,7,9H2,1-2H3,(H,16,17). The molecule has 1 amide bonds. The van der Waals surface area contributed by atoms with Gasteiger partial charge in [-0.2, -0.15) is 0 Å². The van der Waals surface area contributed by atoms with Gasteiger partial charge in [-0.3, -0.25) is 4.79 Å². The third-order valence-corrected chi connectivity index (χ3v) is 3.12. The number of benzene rings is 1. The van der Waals surface area contributed by atoms with Crippen LogP contribution in [0.1, 0.15) is 32.3 Å². The number of nitrogens with one attached hydrogen (secondary N) is 1. The zero-order valence-electron chi connectivity index (χ0n) is 10.5. The Bertz CT molecular complexity index is 365. The minimum absolute atomic E-state index is 0.0569. The van der Waals surface area contributed by atoms with Crippen LogP contribution >= 0.6 is 11.6 Å². The number of alkyl halides is 1. The van der Waals surface area contributed by atoms with Crippen LogP contribution in [-0.4, -0.2) is 11.8 Å².